The third-order valence-corrected chi connectivity index (χ3v) is 2.15. The molecule has 0 aliphatic heterocycles. The molecule has 0 amide bonds. The van der Waals surface area contributed by atoms with Gasteiger partial charge in [0.1, 0.15) is 0 Å². The van der Waals surface area contributed by atoms with Crippen LogP contribution in [0.4, 0.5) is 0 Å². The molecule has 2 nitrogen and oxygen atoms in total. The molecular formula is C8H19NO. The van der Waals surface area contributed by atoms with Crippen molar-refractivity contribution in [2.75, 3.05) is 13.7 Å². The van der Waals surface area contributed by atoms with Gasteiger partial charge in [-0.15, -0.1) is 0 Å². The van der Waals surface area contributed by atoms with Crippen LogP contribution in [0.25, 0.3) is 0 Å². The van der Waals surface area contributed by atoms with Gasteiger partial charge in [-0.3, -0.25) is 0 Å². The topological polar surface area (TPSA) is 35.2 Å². The van der Waals surface area contributed by atoms with Crippen LogP contribution in [0.3, 0.4) is 0 Å². The van der Waals surface area contributed by atoms with Crippen LogP contribution in [0.2, 0.25) is 0 Å². The van der Waals surface area contributed by atoms with Crippen LogP contribution in [0.1, 0.15) is 33.1 Å². The van der Waals surface area contributed by atoms with E-state index in [1.165, 1.54) is 0 Å². The normalized spacial score (nSPS) is 16.8. The summed E-state index contributed by atoms with van der Waals surface area (Å²) in [6, 6.07) is 0. The molecule has 0 aromatic heterocycles. The van der Waals surface area contributed by atoms with Gasteiger partial charge >= 0.3 is 0 Å². The number of methoxy groups -OCH3 is 1. The van der Waals surface area contributed by atoms with Crippen molar-refractivity contribution in [1.29, 1.82) is 0 Å². The van der Waals surface area contributed by atoms with Crippen LogP contribution in [0.5, 0.6) is 0 Å². The van der Waals surface area contributed by atoms with E-state index in [9.17, 15) is 0 Å². The van der Waals surface area contributed by atoms with Gasteiger partial charge in [0, 0.05) is 13.7 Å². The van der Waals surface area contributed by atoms with Crippen LogP contribution in [-0.2, 0) is 4.74 Å². The fourth-order valence-corrected chi connectivity index (χ4v) is 1.21. The Balaban J connectivity index is 3.87. The maximum atomic E-state index is 5.59. The zero-order valence-corrected chi connectivity index (χ0v) is 7.31. The van der Waals surface area contributed by atoms with Crippen molar-refractivity contribution in [3.63, 3.8) is 0 Å². The summed E-state index contributed by atoms with van der Waals surface area (Å²) in [4.78, 5) is 0. The molecule has 0 aliphatic carbocycles. The van der Waals surface area contributed by atoms with Crippen molar-refractivity contribution in [2.45, 2.75) is 38.7 Å². The zero-order chi connectivity index (χ0) is 8.04. The van der Waals surface area contributed by atoms with Crippen molar-refractivity contribution in [3.05, 3.63) is 0 Å². The Kier molecular flexibility index (Phi) is 4.65. The Bertz CT molecular complexity index is 71.1. The Hall–Kier alpha value is -0.0800. The molecule has 0 unspecified atom stereocenters. The monoisotopic (exact) mass is 145 g/mol. The molecule has 1 atom stereocenters. The smallest absolute Gasteiger partial charge is 0.0797 e. The largest absolute Gasteiger partial charge is 0.377 e. The molecule has 0 aromatic carbocycles. The lowest BCUT2D eigenvalue weighted by molar-refractivity contribution is -0.0132. The van der Waals surface area contributed by atoms with Crippen LogP contribution < -0.4 is 5.73 Å². The Morgan fingerprint density at radius 3 is 2.10 bits per heavy atom. The molecule has 0 fully saturated rings. The Morgan fingerprint density at radius 2 is 2.00 bits per heavy atom. The van der Waals surface area contributed by atoms with E-state index in [0.29, 0.717) is 6.54 Å². The average molecular weight is 145 g/mol. The molecule has 10 heavy (non-hydrogen) atoms. The third kappa shape index (κ3) is 2.27. The van der Waals surface area contributed by atoms with Gasteiger partial charge in [0.2, 0.25) is 0 Å². The summed E-state index contributed by atoms with van der Waals surface area (Å²) in [6.45, 7) is 4.90. The highest BCUT2D eigenvalue weighted by molar-refractivity contribution is 4.78. The summed E-state index contributed by atoms with van der Waals surface area (Å²) in [6.07, 6.45) is 3.21. The predicted molar refractivity (Wildman–Crippen MR) is 44.0 cm³/mol. The number of hydrogen-bond donors (Lipinski definition) is 1. The van der Waals surface area contributed by atoms with E-state index >= 15 is 0 Å². The van der Waals surface area contributed by atoms with Crippen molar-refractivity contribution < 1.29 is 4.74 Å². The van der Waals surface area contributed by atoms with Crippen molar-refractivity contribution in [1.82, 2.24) is 0 Å². The van der Waals surface area contributed by atoms with Crippen molar-refractivity contribution >= 4 is 0 Å². The Labute approximate surface area is 63.7 Å². The Morgan fingerprint density at radius 1 is 1.40 bits per heavy atom. The van der Waals surface area contributed by atoms with Crippen LogP contribution in [0.15, 0.2) is 0 Å². The minimum absolute atomic E-state index is 0.0469. The molecule has 0 aliphatic rings. The molecule has 0 bridgehead atoms. The van der Waals surface area contributed by atoms with Gasteiger partial charge < -0.3 is 10.5 Å². The fourth-order valence-electron chi connectivity index (χ4n) is 1.21. The van der Waals surface area contributed by atoms with Gasteiger partial charge in [-0.1, -0.05) is 20.3 Å². The standard InChI is InChI=1S/C8H19NO/c1-4-6-8(5-2,7-9)10-3/h4-7,9H2,1-3H3/t8-/m0/s1. The molecule has 0 saturated heterocycles. The number of hydrogen-bond acceptors (Lipinski definition) is 2. The van der Waals surface area contributed by atoms with E-state index in [4.69, 9.17) is 10.5 Å². The third-order valence-electron chi connectivity index (χ3n) is 2.15. The highest BCUT2D eigenvalue weighted by Crippen LogP contribution is 2.19. The second-order valence-electron chi connectivity index (χ2n) is 2.69. The molecule has 0 saturated carbocycles. The second-order valence-corrected chi connectivity index (χ2v) is 2.69. The van der Waals surface area contributed by atoms with Gasteiger partial charge in [0.05, 0.1) is 5.60 Å². The summed E-state index contributed by atoms with van der Waals surface area (Å²) in [5.74, 6) is 0. The second kappa shape index (κ2) is 4.69. The van der Waals surface area contributed by atoms with Crippen molar-refractivity contribution in [3.8, 4) is 0 Å². The van der Waals surface area contributed by atoms with E-state index in [2.05, 4.69) is 13.8 Å². The molecule has 0 rings (SSSR count). The first-order chi connectivity index (χ1) is 4.74. The fraction of sp³-hybridized carbons (Fsp3) is 1.00. The highest BCUT2D eigenvalue weighted by atomic mass is 16.5. The number of ether oxygens (including phenoxy) is 1. The molecular weight excluding hydrogens is 126 g/mol. The van der Waals surface area contributed by atoms with Gasteiger partial charge in [0.25, 0.3) is 0 Å². The van der Waals surface area contributed by atoms with Crippen molar-refractivity contribution in [2.24, 2.45) is 5.73 Å². The maximum absolute atomic E-state index is 5.59. The first kappa shape index (κ1) is 9.92. The highest BCUT2D eigenvalue weighted by Gasteiger charge is 2.23. The molecule has 0 spiro atoms. The zero-order valence-electron chi connectivity index (χ0n) is 7.31. The summed E-state index contributed by atoms with van der Waals surface area (Å²) < 4.78 is 5.35. The first-order valence-corrected chi connectivity index (χ1v) is 4.00. The molecule has 0 aromatic rings. The van der Waals surface area contributed by atoms with Gasteiger partial charge in [-0.2, -0.15) is 0 Å². The lowest BCUT2D eigenvalue weighted by atomic mass is 9.95. The van der Waals surface area contributed by atoms with E-state index in [-0.39, 0.29) is 5.60 Å². The number of rotatable bonds is 5. The molecule has 0 heterocycles. The van der Waals surface area contributed by atoms with Gasteiger partial charge in [-0.05, 0) is 12.8 Å². The minimum Gasteiger partial charge on any atom is -0.377 e. The predicted octanol–water partition coefficient (Wildman–Crippen LogP) is 1.54. The lowest BCUT2D eigenvalue weighted by Gasteiger charge is -2.29. The summed E-state index contributed by atoms with van der Waals surface area (Å²) in [7, 11) is 1.74. The number of nitrogens with two attached hydrogens (primary N) is 1. The van der Waals surface area contributed by atoms with Crippen LogP contribution in [0, 0.1) is 0 Å². The summed E-state index contributed by atoms with van der Waals surface area (Å²) >= 11 is 0. The van der Waals surface area contributed by atoms with E-state index in [1.54, 1.807) is 7.11 Å². The first-order valence-electron chi connectivity index (χ1n) is 4.00. The SMILES string of the molecule is CCC[C@@](CC)(CN)OC. The van der Waals surface area contributed by atoms with E-state index in [1.807, 2.05) is 0 Å². The lowest BCUT2D eigenvalue weighted by Crippen LogP contribution is -2.38. The maximum Gasteiger partial charge on any atom is 0.0797 e. The van der Waals surface area contributed by atoms with Gasteiger partial charge in [0.15, 0.2) is 0 Å². The summed E-state index contributed by atoms with van der Waals surface area (Å²) in [5, 5.41) is 0. The quantitative estimate of drug-likeness (QED) is 0.637. The van der Waals surface area contributed by atoms with E-state index in [0.717, 1.165) is 19.3 Å². The summed E-state index contributed by atoms with van der Waals surface area (Å²) in [5.41, 5.74) is 5.54. The molecule has 0 radical (unpaired) electrons. The molecule has 62 valence electrons. The molecule has 2 heteroatoms. The molecule has 2 N–H and O–H groups in total. The van der Waals surface area contributed by atoms with Gasteiger partial charge in [-0.25, -0.2) is 0 Å². The minimum atomic E-state index is -0.0469. The van der Waals surface area contributed by atoms with Crippen LogP contribution >= 0.6 is 0 Å². The average Bonchev–Trinajstić information content (AvgIpc) is 2.01. The van der Waals surface area contributed by atoms with Crippen LogP contribution in [-0.4, -0.2) is 19.3 Å². The van der Waals surface area contributed by atoms with E-state index < -0.39 is 0 Å².